The fraction of sp³-hybridized carbons (Fsp3) is 0.133. The Labute approximate surface area is 111 Å². The number of para-hydroxylation sites is 1. The van der Waals surface area contributed by atoms with Crippen molar-refractivity contribution in [3.05, 3.63) is 53.6 Å². The van der Waals surface area contributed by atoms with E-state index in [1.807, 2.05) is 18.2 Å². The van der Waals surface area contributed by atoms with Crippen LogP contribution in [0.4, 0.5) is 10.5 Å². The van der Waals surface area contributed by atoms with Crippen molar-refractivity contribution in [3.8, 4) is 0 Å². The van der Waals surface area contributed by atoms with Gasteiger partial charge in [-0.3, -0.25) is 4.79 Å². The highest BCUT2D eigenvalue weighted by Gasteiger charge is 2.14. The molecule has 2 rings (SSSR count). The quantitative estimate of drug-likeness (QED) is 0.783. The Balaban J connectivity index is 2.16. The lowest BCUT2D eigenvalue weighted by atomic mass is 9.97. The Bertz CT molecular complexity index is 610. The summed E-state index contributed by atoms with van der Waals surface area (Å²) in [4.78, 5) is 27.2. The number of carbonyl (C=O) groups excluding carboxylic acids is 2. The molecule has 0 spiro atoms. The van der Waals surface area contributed by atoms with Gasteiger partial charge in [-0.15, -0.1) is 0 Å². The lowest BCUT2D eigenvalue weighted by Crippen LogP contribution is -2.15. The van der Waals surface area contributed by atoms with Crippen LogP contribution >= 0.6 is 0 Å². The zero-order valence-electron chi connectivity index (χ0n) is 10.8. The number of hydrogen-bond acceptors (Lipinski definition) is 2. The van der Waals surface area contributed by atoms with Crippen molar-refractivity contribution in [1.29, 1.82) is 0 Å². The van der Waals surface area contributed by atoms with Gasteiger partial charge < -0.3 is 5.32 Å². The minimum Gasteiger partial charge on any atom is -0.306 e. The molecule has 1 aromatic carbocycles. The third-order valence-corrected chi connectivity index (χ3v) is 2.96. The minimum absolute atomic E-state index is 0.0417. The molecular weight excluding hydrogens is 240 g/mol. The standard InChI is InChI=1S/C15H14N2O2/c1-10-11(2)14(18)9-8-13(10)17-15(19)16-12-6-4-3-5-7-12/h3-9H,1-2H3,(H,16,19). The van der Waals surface area contributed by atoms with Gasteiger partial charge in [-0.2, -0.15) is 4.99 Å². The number of nitrogens with zero attached hydrogens (tertiary/aromatic N) is 1. The predicted molar refractivity (Wildman–Crippen MR) is 75.4 cm³/mol. The highest BCUT2D eigenvalue weighted by Crippen LogP contribution is 2.14. The van der Waals surface area contributed by atoms with Crippen molar-refractivity contribution in [3.63, 3.8) is 0 Å². The SMILES string of the molecule is CC1=C(C)C(=NC(=O)Nc2ccccc2)C=CC1=O. The maximum atomic E-state index is 11.8. The maximum Gasteiger partial charge on any atom is 0.345 e. The van der Waals surface area contributed by atoms with Gasteiger partial charge >= 0.3 is 6.03 Å². The molecule has 0 saturated carbocycles. The van der Waals surface area contributed by atoms with Crippen molar-refractivity contribution in [2.24, 2.45) is 4.99 Å². The predicted octanol–water partition coefficient (Wildman–Crippen LogP) is 3.13. The van der Waals surface area contributed by atoms with E-state index < -0.39 is 6.03 Å². The van der Waals surface area contributed by atoms with Gasteiger partial charge in [0, 0.05) is 11.3 Å². The average molecular weight is 254 g/mol. The Morgan fingerprint density at radius 3 is 2.42 bits per heavy atom. The maximum absolute atomic E-state index is 11.8. The van der Waals surface area contributed by atoms with Crippen LogP contribution in [0.2, 0.25) is 0 Å². The summed E-state index contributed by atoms with van der Waals surface area (Å²) in [5.41, 5.74) is 2.56. The van der Waals surface area contributed by atoms with E-state index in [4.69, 9.17) is 0 Å². The highest BCUT2D eigenvalue weighted by atomic mass is 16.2. The van der Waals surface area contributed by atoms with Gasteiger partial charge in [0.1, 0.15) is 0 Å². The summed E-state index contributed by atoms with van der Waals surface area (Å²) in [5.74, 6) is -0.0417. The highest BCUT2D eigenvalue weighted by molar-refractivity contribution is 6.23. The number of urea groups is 1. The van der Waals surface area contributed by atoms with Crippen molar-refractivity contribution >= 4 is 23.2 Å². The molecule has 0 aromatic heterocycles. The van der Waals surface area contributed by atoms with Crippen LogP contribution in [-0.4, -0.2) is 17.5 Å². The van der Waals surface area contributed by atoms with Crippen LogP contribution in [-0.2, 0) is 4.79 Å². The summed E-state index contributed by atoms with van der Waals surface area (Å²) < 4.78 is 0. The molecule has 4 heteroatoms. The van der Waals surface area contributed by atoms with Crippen molar-refractivity contribution in [2.75, 3.05) is 5.32 Å². The summed E-state index contributed by atoms with van der Waals surface area (Å²) in [6, 6.07) is 8.65. The molecule has 96 valence electrons. The van der Waals surface area contributed by atoms with E-state index in [0.717, 1.165) is 5.57 Å². The van der Waals surface area contributed by atoms with Crippen LogP contribution in [0.15, 0.2) is 58.6 Å². The Morgan fingerprint density at radius 2 is 1.74 bits per heavy atom. The van der Waals surface area contributed by atoms with Gasteiger partial charge in [0.05, 0.1) is 5.71 Å². The third-order valence-electron chi connectivity index (χ3n) is 2.96. The molecule has 0 heterocycles. The van der Waals surface area contributed by atoms with Crippen LogP contribution in [0, 0.1) is 0 Å². The first-order valence-electron chi connectivity index (χ1n) is 5.93. The van der Waals surface area contributed by atoms with Crippen LogP contribution in [0.3, 0.4) is 0 Å². The molecule has 0 unspecified atom stereocenters. The second kappa shape index (κ2) is 5.44. The number of hydrogen-bond donors (Lipinski definition) is 1. The molecule has 4 nitrogen and oxygen atoms in total. The van der Waals surface area contributed by atoms with Crippen molar-refractivity contribution in [2.45, 2.75) is 13.8 Å². The molecule has 1 aromatic rings. The van der Waals surface area contributed by atoms with E-state index in [2.05, 4.69) is 10.3 Å². The Morgan fingerprint density at radius 1 is 1.05 bits per heavy atom. The molecule has 1 N–H and O–H groups in total. The van der Waals surface area contributed by atoms with Gasteiger partial charge in [0.25, 0.3) is 0 Å². The topological polar surface area (TPSA) is 58.5 Å². The number of carbonyl (C=O) groups is 2. The molecule has 0 aliphatic heterocycles. The van der Waals surface area contributed by atoms with Gasteiger partial charge in [-0.25, -0.2) is 4.79 Å². The van der Waals surface area contributed by atoms with Gasteiger partial charge in [-0.1, -0.05) is 18.2 Å². The summed E-state index contributed by atoms with van der Waals surface area (Å²) in [5, 5.41) is 2.67. The smallest absolute Gasteiger partial charge is 0.306 e. The summed E-state index contributed by atoms with van der Waals surface area (Å²) in [6.45, 7) is 3.51. The van der Waals surface area contributed by atoms with E-state index in [1.165, 1.54) is 6.08 Å². The van der Waals surface area contributed by atoms with E-state index in [9.17, 15) is 9.59 Å². The molecule has 19 heavy (non-hydrogen) atoms. The minimum atomic E-state index is -0.452. The second-order valence-electron chi connectivity index (χ2n) is 4.24. The van der Waals surface area contributed by atoms with Crippen LogP contribution < -0.4 is 5.32 Å². The van der Waals surface area contributed by atoms with Crippen LogP contribution in [0.5, 0.6) is 0 Å². The van der Waals surface area contributed by atoms with E-state index in [1.54, 1.807) is 32.1 Å². The molecule has 0 fully saturated rings. The fourth-order valence-corrected chi connectivity index (χ4v) is 1.68. The lowest BCUT2D eigenvalue weighted by molar-refractivity contribution is -0.111. The van der Waals surface area contributed by atoms with Gasteiger partial charge in [0.2, 0.25) is 0 Å². The normalized spacial score (nSPS) is 16.9. The molecular formula is C15H14N2O2. The van der Waals surface area contributed by atoms with E-state index in [-0.39, 0.29) is 5.78 Å². The Hall–Kier alpha value is -2.49. The number of allylic oxidation sites excluding steroid dienone is 4. The molecule has 0 radical (unpaired) electrons. The number of rotatable bonds is 1. The number of nitrogens with one attached hydrogen (secondary N) is 1. The average Bonchev–Trinajstić information content (AvgIpc) is 2.41. The first-order chi connectivity index (χ1) is 9.08. The van der Waals surface area contributed by atoms with E-state index in [0.29, 0.717) is 17.0 Å². The molecule has 2 amide bonds. The lowest BCUT2D eigenvalue weighted by Gasteiger charge is -2.10. The van der Waals surface area contributed by atoms with Crippen LogP contribution in [0.25, 0.3) is 0 Å². The third kappa shape index (κ3) is 3.04. The number of aliphatic imine (C=N–C) groups is 1. The second-order valence-corrected chi connectivity index (χ2v) is 4.24. The van der Waals surface area contributed by atoms with Crippen LogP contribution in [0.1, 0.15) is 13.8 Å². The van der Waals surface area contributed by atoms with E-state index >= 15 is 0 Å². The summed E-state index contributed by atoms with van der Waals surface area (Å²) >= 11 is 0. The largest absolute Gasteiger partial charge is 0.345 e. The number of ketones is 1. The zero-order valence-corrected chi connectivity index (χ0v) is 10.8. The summed E-state index contributed by atoms with van der Waals surface area (Å²) in [7, 11) is 0. The monoisotopic (exact) mass is 254 g/mol. The summed E-state index contributed by atoms with van der Waals surface area (Å²) in [6.07, 6.45) is 2.99. The molecule has 0 bridgehead atoms. The van der Waals surface area contributed by atoms with Gasteiger partial charge in [0.15, 0.2) is 5.78 Å². The molecule has 0 atom stereocenters. The first kappa shape index (κ1) is 13.0. The fourth-order valence-electron chi connectivity index (χ4n) is 1.68. The molecule has 1 aliphatic carbocycles. The first-order valence-corrected chi connectivity index (χ1v) is 5.93. The Kier molecular flexibility index (Phi) is 3.71. The number of amides is 2. The molecule has 0 saturated heterocycles. The van der Waals surface area contributed by atoms with Crippen molar-refractivity contribution in [1.82, 2.24) is 0 Å². The number of anilines is 1. The van der Waals surface area contributed by atoms with Crippen molar-refractivity contribution < 1.29 is 9.59 Å². The van der Waals surface area contributed by atoms with Gasteiger partial charge in [-0.05, 0) is 43.7 Å². The molecule has 1 aliphatic rings. The number of benzene rings is 1. The zero-order chi connectivity index (χ0) is 13.8.